The molecule has 0 heterocycles. The van der Waals surface area contributed by atoms with Gasteiger partial charge >= 0.3 is 136 Å². The van der Waals surface area contributed by atoms with E-state index in [0.717, 1.165) is 12.8 Å². The molecular formula is C17H26NO2Se. The average molecular weight is 355 g/mol. The standard InChI is InChI=1S/C17H26NO2Se/c1-6-9-14(12-17(19)20-7-2)21-16-11-8-10-15(16)13(3)18(4)5/h8,10-13H,6-7,9H2,1-5H3/b14-12-/t13-/m1/s1. The Morgan fingerprint density at radius 3 is 2.67 bits per heavy atom. The second-order valence-electron chi connectivity index (χ2n) is 5.20. The van der Waals surface area contributed by atoms with E-state index in [1.54, 1.807) is 6.08 Å². The van der Waals surface area contributed by atoms with Crippen molar-refractivity contribution in [3.63, 3.8) is 0 Å². The SMILES string of the molecule is CCC/C(=C/C(=O)OCC)[Se][C]1[CH][CH][CH][C]1[C@@H](C)N(C)C. The summed E-state index contributed by atoms with van der Waals surface area (Å²) in [5.41, 5.74) is 0. The predicted molar refractivity (Wildman–Crippen MR) is 87.9 cm³/mol. The van der Waals surface area contributed by atoms with E-state index in [-0.39, 0.29) is 20.9 Å². The van der Waals surface area contributed by atoms with Crippen molar-refractivity contribution in [1.29, 1.82) is 0 Å². The molecule has 0 amide bonds. The van der Waals surface area contributed by atoms with Gasteiger partial charge in [-0.2, -0.15) is 0 Å². The first-order chi connectivity index (χ1) is 9.99. The second-order valence-corrected chi connectivity index (χ2v) is 7.65. The average Bonchev–Trinajstić information content (AvgIpc) is 2.86. The Balaban J connectivity index is 2.71. The Kier molecular flexibility index (Phi) is 8.61. The molecule has 1 atom stereocenters. The number of esters is 1. The molecule has 0 saturated heterocycles. The van der Waals surface area contributed by atoms with Crippen molar-refractivity contribution in [2.75, 3.05) is 20.7 Å². The van der Waals surface area contributed by atoms with Crippen molar-refractivity contribution in [3.8, 4) is 0 Å². The predicted octanol–water partition coefficient (Wildman–Crippen LogP) is 2.62. The van der Waals surface area contributed by atoms with Gasteiger partial charge in [0, 0.05) is 0 Å². The Hall–Kier alpha value is -0.311. The number of carbonyl (C=O) groups is 1. The molecule has 1 rings (SSSR count). The van der Waals surface area contributed by atoms with Crippen molar-refractivity contribution < 1.29 is 9.53 Å². The van der Waals surface area contributed by atoms with Crippen LogP contribution in [0.5, 0.6) is 0 Å². The van der Waals surface area contributed by atoms with Crippen molar-refractivity contribution in [2.24, 2.45) is 0 Å². The molecule has 0 bridgehead atoms. The first-order valence-electron chi connectivity index (χ1n) is 7.46. The first kappa shape index (κ1) is 18.7. The van der Waals surface area contributed by atoms with Gasteiger partial charge in [-0.3, -0.25) is 0 Å². The summed E-state index contributed by atoms with van der Waals surface area (Å²) in [5.74, 6) is 1.16. The molecule has 0 spiro atoms. The Morgan fingerprint density at radius 2 is 2.10 bits per heavy atom. The molecule has 0 unspecified atom stereocenters. The van der Waals surface area contributed by atoms with Crippen LogP contribution in [0.25, 0.3) is 0 Å². The second kappa shape index (κ2) is 9.65. The van der Waals surface area contributed by atoms with Crippen LogP contribution < -0.4 is 0 Å². The molecule has 0 N–H and O–H groups in total. The van der Waals surface area contributed by atoms with E-state index in [1.165, 1.54) is 15.2 Å². The van der Waals surface area contributed by atoms with Gasteiger partial charge in [0.05, 0.1) is 0 Å². The van der Waals surface area contributed by atoms with Crippen LogP contribution in [0, 0.1) is 30.0 Å². The van der Waals surface area contributed by atoms with E-state index in [0.29, 0.717) is 12.6 Å². The molecule has 1 aliphatic rings. The maximum atomic E-state index is 11.7. The van der Waals surface area contributed by atoms with Gasteiger partial charge in [0.15, 0.2) is 0 Å². The summed E-state index contributed by atoms with van der Waals surface area (Å²) in [4.78, 5) is 15.3. The number of allylic oxidation sites excluding steroid dienone is 1. The van der Waals surface area contributed by atoms with Gasteiger partial charge in [-0.25, -0.2) is 0 Å². The fraction of sp³-hybridized carbons (Fsp3) is 0.529. The molecule has 1 saturated carbocycles. The number of carbonyl (C=O) groups excluding carboxylic acids is 1. The van der Waals surface area contributed by atoms with Crippen LogP contribution in [-0.2, 0) is 9.53 Å². The van der Waals surface area contributed by atoms with Gasteiger partial charge in [-0.05, 0) is 0 Å². The van der Waals surface area contributed by atoms with Gasteiger partial charge in [-0.1, -0.05) is 0 Å². The minimum absolute atomic E-state index is 0.186. The fourth-order valence-electron chi connectivity index (χ4n) is 1.99. The van der Waals surface area contributed by atoms with Crippen LogP contribution in [0.4, 0.5) is 0 Å². The quantitative estimate of drug-likeness (QED) is 0.381. The maximum absolute atomic E-state index is 11.7. The van der Waals surface area contributed by atoms with Crippen molar-refractivity contribution in [3.05, 3.63) is 40.5 Å². The third kappa shape index (κ3) is 6.14. The third-order valence-corrected chi connectivity index (χ3v) is 5.80. The van der Waals surface area contributed by atoms with E-state index in [2.05, 4.69) is 52.1 Å². The molecule has 4 heteroatoms. The molecule has 0 aliphatic heterocycles. The number of nitrogens with zero attached hydrogens (tertiary/aromatic N) is 1. The zero-order valence-corrected chi connectivity index (χ0v) is 15.4. The Morgan fingerprint density at radius 1 is 1.38 bits per heavy atom. The summed E-state index contributed by atoms with van der Waals surface area (Å²) in [6.07, 6.45) is 10.2. The topological polar surface area (TPSA) is 29.5 Å². The number of ether oxygens (including phenoxy) is 1. The van der Waals surface area contributed by atoms with Gasteiger partial charge in [-0.15, -0.1) is 0 Å². The van der Waals surface area contributed by atoms with Gasteiger partial charge in [0.25, 0.3) is 0 Å². The minimum atomic E-state index is -0.211. The van der Waals surface area contributed by atoms with E-state index >= 15 is 0 Å². The van der Waals surface area contributed by atoms with Crippen LogP contribution in [0.1, 0.15) is 33.6 Å². The molecule has 1 aliphatic carbocycles. The number of hydrogen-bond donors (Lipinski definition) is 0. The third-order valence-electron chi connectivity index (χ3n) is 3.34. The molecule has 3 nitrogen and oxygen atoms in total. The molecule has 0 aromatic rings. The van der Waals surface area contributed by atoms with Gasteiger partial charge < -0.3 is 0 Å². The van der Waals surface area contributed by atoms with Crippen molar-refractivity contribution in [2.45, 2.75) is 39.7 Å². The van der Waals surface area contributed by atoms with E-state index in [4.69, 9.17) is 4.74 Å². The molecule has 0 aromatic heterocycles. The number of hydrogen-bond acceptors (Lipinski definition) is 3. The van der Waals surface area contributed by atoms with Crippen molar-refractivity contribution >= 4 is 20.9 Å². The molecular weight excluding hydrogens is 329 g/mol. The van der Waals surface area contributed by atoms with Crippen LogP contribution in [0.2, 0.25) is 0 Å². The van der Waals surface area contributed by atoms with Crippen LogP contribution in [0.3, 0.4) is 0 Å². The number of rotatable bonds is 8. The zero-order chi connectivity index (χ0) is 15.8. The molecule has 5 radical (unpaired) electrons. The monoisotopic (exact) mass is 356 g/mol. The van der Waals surface area contributed by atoms with Gasteiger partial charge in [0.1, 0.15) is 0 Å². The van der Waals surface area contributed by atoms with E-state index < -0.39 is 0 Å². The zero-order valence-electron chi connectivity index (χ0n) is 13.7. The summed E-state index contributed by atoms with van der Waals surface area (Å²) in [6.45, 7) is 6.62. The summed E-state index contributed by atoms with van der Waals surface area (Å²) in [5, 5.41) is 0. The molecule has 21 heavy (non-hydrogen) atoms. The Labute approximate surface area is 136 Å². The van der Waals surface area contributed by atoms with Crippen molar-refractivity contribution in [1.82, 2.24) is 4.90 Å². The van der Waals surface area contributed by atoms with E-state index in [9.17, 15) is 4.79 Å². The fourth-order valence-corrected chi connectivity index (χ4v) is 4.61. The summed E-state index contributed by atoms with van der Waals surface area (Å²) < 4.78 is 6.25. The Bertz CT molecular complexity index is 355. The van der Waals surface area contributed by atoms with E-state index in [1.807, 2.05) is 6.92 Å². The van der Waals surface area contributed by atoms with Crippen LogP contribution in [0.15, 0.2) is 10.5 Å². The molecule has 117 valence electrons. The molecule has 1 fully saturated rings. The normalized spacial score (nSPS) is 19.2. The summed E-state index contributed by atoms with van der Waals surface area (Å²) >= 11 is 0.186. The summed E-state index contributed by atoms with van der Waals surface area (Å²) in [7, 11) is 4.19. The van der Waals surface area contributed by atoms with Gasteiger partial charge in [0.2, 0.25) is 0 Å². The van der Waals surface area contributed by atoms with Crippen LogP contribution >= 0.6 is 0 Å². The first-order valence-corrected chi connectivity index (χ1v) is 9.18. The summed E-state index contributed by atoms with van der Waals surface area (Å²) in [6, 6.07) is 0.391. The molecule has 0 aromatic carbocycles. The van der Waals surface area contributed by atoms with Crippen LogP contribution in [-0.4, -0.2) is 52.6 Å².